The molecule has 0 aliphatic rings. The van der Waals surface area contributed by atoms with E-state index < -0.39 is 17.3 Å². The van der Waals surface area contributed by atoms with Crippen LogP contribution >= 0.6 is 0 Å². The van der Waals surface area contributed by atoms with Crippen molar-refractivity contribution in [2.75, 3.05) is 31.5 Å². The molecule has 1 unspecified atom stereocenters. The van der Waals surface area contributed by atoms with Gasteiger partial charge in [0.2, 0.25) is 0 Å². The summed E-state index contributed by atoms with van der Waals surface area (Å²) in [5, 5.41) is 19.4. The van der Waals surface area contributed by atoms with E-state index in [0.29, 0.717) is 19.0 Å². The molecule has 1 heterocycles. The minimum atomic E-state index is -4.47. The number of guanidine groups is 1. The van der Waals surface area contributed by atoms with Gasteiger partial charge >= 0.3 is 6.18 Å². The molecule has 0 spiro atoms. The second-order valence-electron chi connectivity index (χ2n) is 6.59. The molecule has 0 radical (unpaired) electrons. The van der Waals surface area contributed by atoms with Crippen LogP contribution < -0.4 is 16.0 Å². The Morgan fingerprint density at radius 3 is 2.45 bits per heavy atom. The summed E-state index contributed by atoms with van der Waals surface area (Å²) in [7, 11) is 0. The molecule has 4 N–H and O–H groups in total. The van der Waals surface area contributed by atoms with E-state index in [1.807, 2.05) is 37.3 Å². The highest BCUT2D eigenvalue weighted by Gasteiger charge is 2.33. The molecular formula is C20H26F3N5O. The number of benzene rings is 1. The van der Waals surface area contributed by atoms with Crippen LogP contribution in [0.3, 0.4) is 0 Å². The molecule has 158 valence electrons. The van der Waals surface area contributed by atoms with Gasteiger partial charge < -0.3 is 21.1 Å². The zero-order chi connectivity index (χ0) is 21.3. The molecule has 29 heavy (non-hydrogen) atoms. The van der Waals surface area contributed by atoms with Crippen molar-refractivity contribution < 1.29 is 18.3 Å². The average Bonchev–Trinajstić information content (AvgIpc) is 2.69. The van der Waals surface area contributed by atoms with Crippen molar-refractivity contribution >= 4 is 11.8 Å². The van der Waals surface area contributed by atoms with Crippen LogP contribution in [0, 0.1) is 0 Å². The number of hydrogen-bond donors (Lipinski definition) is 4. The van der Waals surface area contributed by atoms with Crippen LogP contribution in [0.4, 0.5) is 19.0 Å². The van der Waals surface area contributed by atoms with Crippen molar-refractivity contribution in [2.45, 2.75) is 25.6 Å². The minimum absolute atomic E-state index is 0.123. The topological polar surface area (TPSA) is 81.6 Å². The van der Waals surface area contributed by atoms with E-state index in [-0.39, 0.29) is 18.9 Å². The molecule has 0 saturated carbocycles. The Morgan fingerprint density at radius 1 is 1.07 bits per heavy atom. The van der Waals surface area contributed by atoms with Gasteiger partial charge in [0.1, 0.15) is 11.4 Å². The summed E-state index contributed by atoms with van der Waals surface area (Å²) >= 11 is 0. The zero-order valence-electron chi connectivity index (χ0n) is 16.4. The van der Waals surface area contributed by atoms with Crippen molar-refractivity contribution in [1.82, 2.24) is 15.6 Å². The molecule has 1 aromatic heterocycles. The molecule has 0 fully saturated rings. The normalized spacial score (nSPS) is 14.2. The van der Waals surface area contributed by atoms with E-state index in [4.69, 9.17) is 0 Å². The zero-order valence-corrected chi connectivity index (χ0v) is 16.4. The third-order valence-electron chi connectivity index (χ3n) is 4.11. The quantitative estimate of drug-likeness (QED) is 0.306. The van der Waals surface area contributed by atoms with Crippen molar-refractivity contribution in [3.8, 4) is 0 Å². The van der Waals surface area contributed by atoms with Crippen LogP contribution in [0.15, 0.2) is 53.7 Å². The van der Waals surface area contributed by atoms with Crippen molar-refractivity contribution in [3.05, 3.63) is 59.8 Å². The number of pyridine rings is 1. The smallest absolute Gasteiger partial charge is 0.384 e. The molecule has 1 atom stereocenters. The minimum Gasteiger partial charge on any atom is -0.384 e. The molecule has 0 saturated heterocycles. The predicted octanol–water partition coefficient (Wildman–Crippen LogP) is 2.98. The van der Waals surface area contributed by atoms with Gasteiger partial charge in [0.05, 0.1) is 12.1 Å². The number of anilines is 1. The van der Waals surface area contributed by atoms with E-state index in [0.717, 1.165) is 11.6 Å². The highest BCUT2D eigenvalue weighted by Crippen LogP contribution is 2.33. The van der Waals surface area contributed by atoms with Crippen LogP contribution in [0.1, 0.15) is 25.0 Å². The summed E-state index contributed by atoms with van der Waals surface area (Å²) in [4.78, 5) is 8.15. The lowest BCUT2D eigenvalue weighted by molar-refractivity contribution is -0.137. The van der Waals surface area contributed by atoms with E-state index in [9.17, 15) is 18.3 Å². The maximum Gasteiger partial charge on any atom is 0.419 e. The molecule has 0 aliphatic heterocycles. The number of alkyl halides is 3. The number of aromatic nitrogens is 1. The summed E-state index contributed by atoms with van der Waals surface area (Å²) in [6.45, 7) is 4.82. The first-order valence-electron chi connectivity index (χ1n) is 9.30. The SMILES string of the molecule is CCNC(=NCC(C)(O)c1ccccc1)NCCNc1ncccc1C(F)(F)F. The largest absolute Gasteiger partial charge is 0.419 e. The third-order valence-corrected chi connectivity index (χ3v) is 4.11. The molecule has 6 nitrogen and oxygen atoms in total. The van der Waals surface area contributed by atoms with Gasteiger partial charge in [0.15, 0.2) is 5.96 Å². The van der Waals surface area contributed by atoms with Crippen LogP contribution in [0.2, 0.25) is 0 Å². The van der Waals surface area contributed by atoms with Crippen LogP contribution in [-0.4, -0.2) is 42.2 Å². The highest BCUT2D eigenvalue weighted by atomic mass is 19.4. The summed E-state index contributed by atoms with van der Waals surface area (Å²) in [6, 6.07) is 11.4. The third kappa shape index (κ3) is 6.94. The number of aliphatic imine (C=N–C) groups is 1. The molecule has 1 aromatic carbocycles. The van der Waals surface area contributed by atoms with Gasteiger partial charge in [-0.3, -0.25) is 0 Å². The lowest BCUT2D eigenvalue weighted by Gasteiger charge is -2.22. The number of halogens is 3. The molecule has 0 amide bonds. The fourth-order valence-electron chi connectivity index (χ4n) is 2.60. The first-order valence-corrected chi connectivity index (χ1v) is 9.30. The molecule has 0 aliphatic carbocycles. The molecule has 2 aromatic rings. The van der Waals surface area contributed by atoms with Gasteiger partial charge in [0, 0.05) is 25.8 Å². The number of nitrogens with one attached hydrogen (secondary N) is 3. The molecular weight excluding hydrogens is 383 g/mol. The summed E-state index contributed by atoms with van der Waals surface area (Å²) in [6.07, 6.45) is -3.16. The van der Waals surface area contributed by atoms with Gasteiger partial charge in [-0.1, -0.05) is 30.3 Å². The second kappa shape index (κ2) is 10.1. The van der Waals surface area contributed by atoms with E-state index >= 15 is 0 Å². The van der Waals surface area contributed by atoms with Crippen molar-refractivity contribution in [1.29, 1.82) is 0 Å². The first kappa shape index (κ1) is 22.5. The Labute approximate surface area is 168 Å². The fraction of sp³-hybridized carbons (Fsp3) is 0.400. The Bertz CT molecular complexity index is 794. The monoisotopic (exact) mass is 409 g/mol. The van der Waals surface area contributed by atoms with E-state index in [1.165, 1.54) is 12.3 Å². The van der Waals surface area contributed by atoms with Crippen molar-refractivity contribution in [2.24, 2.45) is 4.99 Å². The van der Waals surface area contributed by atoms with E-state index in [2.05, 4.69) is 25.9 Å². The maximum absolute atomic E-state index is 13.0. The summed E-state index contributed by atoms with van der Waals surface area (Å²) in [5.41, 5.74) is -1.20. The Kier molecular flexibility index (Phi) is 7.83. The number of nitrogens with zero attached hydrogens (tertiary/aromatic N) is 2. The Morgan fingerprint density at radius 2 is 1.79 bits per heavy atom. The highest BCUT2D eigenvalue weighted by molar-refractivity contribution is 5.79. The lowest BCUT2D eigenvalue weighted by Crippen LogP contribution is -2.40. The fourth-order valence-corrected chi connectivity index (χ4v) is 2.60. The second-order valence-corrected chi connectivity index (χ2v) is 6.59. The van der Waals surface area contributed by atoms with Gasteiger partial charge in [0.25, 0.3) is 0 Å². The number of rotatable bonds is 8. The molecule has 9 heteroatoms. The van der Waals surface area contributed by atoms with Gasteiger partial charge in [-0.05, 0) is 31.5 Å². The average molecular weight is 409 g/mol. The summed E-state index contributed by atoms with van der Waals surface area (Å²) < 4.78 is 39.0. The lowest BCUT2D eigenvalue weighted by atomic mass is 9.96. The van der Waals surface area contributed by atoms with Crippen LogP contribution in [0.25, 0.3) is 0 Å². The van der Waals surface area contributed by atoms with Gasteiger partial charge in [-0.2, -0.15) is 13.2 Å². The van der Waals surface area contributed by atoms with Crippen LogP contribution in [0.5, 0.6) is 0 Å². The Hall–Kier alpha value is -2.81. The van der Waals surface area contributed by atoms with Gasteiger partial charge in [-0.25, -0.2) is 9.98 Å². The van der Waals surface area contributed by atoms with E-state index in [1.54, 1.807) is 6.92 Å². The molecule has 2 rings (SSSR count). The number of hydrogen-bond acceptors (Lipinski definition) is 4. The first-order chi connectivity index (χ1) is 13.7. The van der Waals surface area contributed by atoms with Crippen LogP contribution in [-0.2, 0) is 11.8 Å². The summed E-state index contributed by atoms with van der Waals surface area (Å²) in [5.74, 6) is 0.248. The number of aliphatic hydroxyl groups is 1. The predicted molar refractivity (Wildman–Crippen MR) is 108 cm³/mol. The van der Waals surface area contributed by atoms with Crippen molar-refractivity contribution in [3.63, 3.8) is 0 Å². The Balaban J connectivity index is 1.92. The standard InChI is InChI=1S/C20H26F3N5O/c1-3-24-18(28-14-19(2,29)15-8-5-4-6-9-15)27-13-12-26-17-16(20(21,22)23)10-7-11-25-17/h4-11,29H,3,12-14H2,1-2H3,(H,25,26)(H2,24,27,28). The maximum atomic E-state index is 13.0. The van der Waals surface area contributed by atoms with Gasteiger partial charge in [-0.15, -0.1) is 0 Å². The molecule has 0 bridgehead atoms.